The highest BCUT2D eigenvalue weighted by atomic mass is 16.2. The van der Waals surface area contributed by atoms with E-state index in [-0.39, 0.29) is 5.91 Å². The Labute approximate surface area is 70.6 Å². The van der Waals surface area contributed by atoms with Crippen LogP contribution in [0.15, 0.2) is 6.20 Å². The Morgan fingerprint density at radius 2 is 2.42 bits per heavy atom. The van der Waals surface area contributed by atoms with Crippen LogP contribution in [0.2, 0.25) is 0 Å². The van der Waals surface area contributed by atoms with E-state index in [4.69, 9.17) is 0 Å². The summed E-state index contributed by atoms with van der Waals surface area (Å²) in [5, 5.41) is 6.90. The first-order valence-electron chi connectivity index (χ1n) is 4.04. The smallest absolute Gasteiger partial charge is 0.255 e. The molecule has 1 aliphatic rings. The van der Waals surface area contributed by atoms with Gasteiger partial charge in [-0.05, 0) is 13.8 Å². The molecule has 1 aliphatic heterocycles. The molecule has 0 fully saturated rings. The molecule has 4 nitrogen and oxygen atoms in total. The van der Waals surface area contributed by atoms with Crippen molar-refractivity contribution in [2.75, 3.05) is 0 Å². The van der Waals surface area contributed by atoms with Crippen LogP contribution < -0.4 is 5.32 Å². The molecule has 1 aromatic heterocycles. The first-order valence-corrected chi connectivity index (χ1v) is 4.04. The van der Waals surface area contributed by atoms with Gasteiger partial charge < -0.3 is 5.32 Å². The number of hydrogen-bond acceptors (Lipinski definition) is 2. The van der Waals surface area contributed by atoms with E-state index in [2.05, 4.69) is 24.3 Å². The van der Waals surface area contributed by atoms with Crippen LogP contribution in [0.3, 0.4) is 0 Å². The molecule has 1 amide bonds. The number of fused-ring (bicyclic) bond motifs is 1. The molecular formula is C8H11N3O. The van der Waals surface area contributed by atoms with Gasteiger partial charge in [0.15, 0.2) is 0 Å². The normalized spacial score (nSPS) is 15.1. The van der Waals surface area contributed by atoms with Crippen LogP contribution in [0.25, 0.3) is 0 Å². The average molecular weight is 165 g/mol. The third-order valence-electron chi connectivity index (χ3n) is 2.05. The lowest BCUT2D eigenvalue weighted by atomic mass is 10.3. The van der Waals surface area contributed by atoms with E-state index < -0.39 is 0 Å². The second-order valence-corrected chi connectivity index (χ2v) is 3.23. The summed E-state index contributed by atoms with van der Waals surface area (Å²) in [5.41, 5.74) is 1.73. The van der Waals surface area contributed by atoms with E-state index in [9.17, 15) is 4.79 Å². The van der Waals surface area contributed by atoms with Crippen LogP contribution in [-0.4, -0.2) is 15.7 Å². The van der Waals surface area contributed by atoms with Crippen molar-refractivity contribution in [2.45, 2.75) is 26.4 Å². The summed E-state index contributed by atoms with van der Waals surface area (Å²) in [6.45, 7) is 4.72. The van der Waals surface area contributed by atoms with E-state index in [1.54, 1.807) is 6.20 Å². The van der Waals surface area contributed by atoms with Crippen molar-refractivity contribution < 1.29 is 4.79 Å². The predicted molar refractivity (Wildman–Crippen MR) is 43.8 cm³/mol. The molecule has 0 saturated heterocycles. The highest BCUT2D eigenvalue weighted by Crippen LogP contribution is 2.17. The molecule has 1 aromatic rings. The molecule has 4 heteroatoms. The fourth-order valence-corrected chi connectivity index (χ4v) is 1.46. The Balaban J connectivity index is 2.49. The first-order chi connectivity index (χ1) is 5.70. The Bertz CT molecular complexity index is 327. The molecule has 1 N–H and O–H groups in total. The maximum Gasteiger partial charge on any atom is 0.255 e. The second-order valence-electron chi connectivity index (χ2n) is 3.23. The number of carbonyl (C=O) groups excluding carboxylic acids is 1. The SMILES string of the molecule is CC(C)n1ncc2c1CNC2=O. The fraction of sp³-hybridized carbons (Fsp3) is 0.500. The lowest BCUT2D eigenvalue weighted by Crippen LogP contribution is -2.15. The Morgan fingerprint density at radius 1 is 1.67 bits per heavy atom. The summed E-state index contributed by atoms with van der Waals surface area (Å²) in [4.78, 5) is 11.1. The Hall–Kier alpha value is -1.32. The summed E-state index contributed by atoms with van der Waals surface area (Å²) in [7, 11) is 0. The lowest BCUT2D eigenvalue weighted by molar-refractivity contribution is 0.0965. The van der Waals surface area contributed by atoms with Gasteiger partial charge in [-0.3, -0.25) is 9.48 Å². The van der Waals surface area contributed by atoms with Gasteiger partial charge in [0, 0.05) is 6.04 Å². The van der Waals surface area contributed by atoms with Crippen molar-refractivity contribution in [3.63, 3.8) is 0 Å². The van der Waals surface area contributed by atoms with Gasteiger partial charge in [0.1, 0.15) is 0 Å². The average Bonchev–Trinajstić information content (AvgIpc) is 2.53. The molecular weight excluding hydrogens is 154 g/mol. The molecule has 2 heterocycles. The molecule has 0 aromatic carbocycles. The summed E-state index contributed by atoms with van der Waals surface area (Å²) < 4.78 is 1.88. The summed E-state index contributed by atoms with van der Waals surface area (Å²) in [6, 6.07) is 0.321. The van der Waals surface area contributed by atoms with E-state index in [1.807, 2.05) is 4.68 Å². The van der Waals surface area contributed by atoms with E-state index in [1.165, 1.54) is 0 Å². The maximum absolute atomic E-state index is 11.1. The molecule has 0 radical (unpaired) electrons. The predicted octanol–water partition coefficient (Wildman–Crippen LogP) is 0.707. The minimum atomic E-state index is -0.00287. The zero-order valence-electron chi connectivity index (χ0n) is 7.16. The van der Waals surface area contributed by atoms with E-state index in [0.717, 1.165) is 11.3 Å². The van der Waals surface area contributed by atoms with Gasteiger partial charge in [-0.25, -0.2) is 0 Å². The Morgan fingerprint density at radius 3 is 3.08 bits per heavy atom. The van der Waals surface area contributed by atoms with Gasteiger partial charge in [0.25, 0.3) is 5.91 Å². The monoisotopic (exact) mass is 165 g/mol. The van der Waals surface area contributed by atoms with Gasteiger partial charge in [-0.1, -0.05) is 0 Å². The van der Waals surface area contributed by atoms with Gasteiger partial charge in [0.05, 0.1) is 24.0 Å². The van der Waals surface area contributed by atoms with Gasteiger partial charge in [-0.2, -0.15) is 5.10 Å². The third kappa shape index (κ3) is 0.841. The first kappa shape index (κ1) is 7.34. The van der Waals surface area contributed by atoms with Crippen molar-refractivity contribution in [1.82, 2.24) is 15.1 Å². The number of rotatable bonds is 1. The van der Waals surface area contributed by atoms with E-state index in [0.29, 0.717) is 12.6 Å². The van der Waals surface area contributed by atoms with Crippen LogP contribution in [0.1, 0.15) is 35.9 Å². The molecule has 0 saturated carbocycles. The van der Waals surface area contributed by atoms with Gasteiger partial charge >= 0.3 is 0 Å². The van der Waals surface area contributed by atoms with Crippen LogP contribution in [0.4, 0.5) is 0 Å². The number of amides is 1. The van der Waals surface area contributed by atoms with Gasteiger partial charge in [-0.15, -0.1) is 0 Å². The largest absolute Gasteiger partial charge is 0.346 e. The van der Waals surface area contributed by atoms with Crippen LogP contribution >= 0.6 is 0 Å². The van der Waals surface area contributed by atoms with Crippen LogP contribution in [0, 0.1) is 0 Å². The summed E-state index contributed by atoms with van der Waals surface area (Å²) >= 11 is 0. The van der Waals surface area contributed by atoms with Crippen molar-refractivity contribution in [3.05, 3.63) is 17.5 Å². The summed E-state index contributed by atoms with van der Waals surface area (Å²) in [6.07, 6.45) is 1.64. The number of nitrogens with zero attached hydrogens (tertiary/aromatic N) is 2. The molecule has 12 heavy (non-hydrogen) atoms. The zero-order chi connectivity index (χ0) is 8.72. The summed E-state index contributed by atoms with van der Waals surface area (Å²) in [5.74, 6) is -0.00287. The molecule has 0 aliphatic carbocycles. The molecule has 0 unspecified atom stereocenters. The van der Waals surface area contributed by atoms with Crippen molar-refractivity contribution in [1.29, 1.82) is 0 Å². The zero-order valence-corrected chi connectivity index (χ0v) is 7.16. The molecule has 0 bridgehead atoms. The third-order valence-corrected chi connectivity index (χ3v) is 2.05. The highest BCUT2D eigenvalue weighted by Gasteiger charge is 2.24. The number of nitrogens with one attached hydrogen (secondary N) is 1. The molecule has 0 atom stereocenters. The van der Waals surface area contributed by atoms with E-state index >= 15 is 0 Å². The Kier molecular flexibility index (Phi) is 1.43. The lowest BCUT2D eigenvalue weighted by Gasteiger charge is -2.07. The molecule has 2 rings (SSSR count). The standard InChI is InChI=1S/C8H11N3O/c1-5(2)11-7-4-9-8(12)6(7)3-10-11/h3,5H,4H2,1-2H3,(H,9,12). The van der Waals surface area contributed by atoms with Crippen molar-refractivity contribution >= 4 is 5.91 Å². The molecule has 0 spiro atoms. The topological polar surface area (TPSA) is 46.9 Å². The highest BCUT2D eigenvalue weighted by molar-refractivity contribution is 5.97. The minimum absolute atomic E-state index is 0.00287. The minimum Gasteiger partial charge on any atom is -0.346 e. The number of carbonyl (C=O) groups is 1. The van der Waals surface area contributed by atoms with Crippen LogP contribution in [0.5, 0.6) is 0 Å². The molecule has 64 valence electrons. The second kappa shape index (κ2) is 2.33. The maximum atomic E-state index is 11.1. The van der Waals surface area contributed by atoms with Crippen molar-refractivity contribution in [2.24, 2.45) is 0 Å². The number of aromatic nitrogens is 2. The van der Waals surface area contributed by atoms with Crippen molar-refractivity contribution in [3.8, 4) is 0 Å². The van der Waals surface area contributed by atoms with Crippen LogP contribution in [-0.2, 0) is 6.54 Å². The fourth-order valence-electron chi connectivity index (χ4n) is 1.46. The number of hydrogen-bond donors (Lipinski definition) is 1. The van der Waals surface area contributed by atoms with Gasteiger partial charge in [0.2, 0.25) is 0 Å². The quantitative estimate of drug-likeness (QED) is 0.666.